The molecule has 0 saturated carbocycles. The second-order valence-electron chi connectivity index (χ2n) is 6.61. The van der Waals surface area contributed by atoms with Crippen LogP contribution in [0, 0.1) is 18.3 Å². The lowest BCUT2D eigenvalue weighted by Crippen LogP contribution is -2.34. The van der Waals surface area contributed by atoms with Crippen LogP contribution in [0.5, 0.6) is 0 Å². The number of nitriles is 1. The lowest BCUT2D eigenvalue weighted by Gasteiger charge is -2.24. The summed E-state index contributed by atoms with van der Waals surface area (Å²) in [5.74, 6) is -0.741. The Morgan fingerprint density at radius 3 is 2.87 bits per heavy atom. The van der Waals surface area contributed by atoms with Crippen LogP contribution in [0.1, 0.15) is 61.4 Å². The number of carboxylic acid groups (broad SMARTS) is 1. The highest BCUT2D eigenvalue weighted by Crippen LogP contribution is 2.46. The summed E-state index contributed by atoms with van der Waals surface area (Å²) in [6, 6.07) is 6.01. The fourth-order valence-corrected chi connectivity index (χ4v) is 3.97. The molecule has 0 fully saturated rings. The molecule has 0 bridgehead atoms. The summed E-state index contributed by atoms with van der Waals surface area (Å²) in [7, 11) is 0. The van der Waals surface area contributed by atoms with Gasteiger partial charge in [0.25, 0.3) is 0 Å². The zero-order valence-corrected chi connectivity index (χ0v) is 13.7. The molecular formula is C19H22N2O2. The number of aryl methyl sites for hydroxylation is 2. The van der Waals surface area contributed by atoms with Gasteiger partial charge in [-0.2, -0.15) is 5.26 Å². The fraction of sp³-hybridized carbons (Fsp3) is 0.474. The summed E-state index contributed by atoms with van der Waals surface area (Å²) in [6.07, 6.45) is 5.06. The van der Waals surface area contributed by atoms with Gasteiger partial charge in [-0.05, 0) is 43.4 Å². The molecule has 1 atom stereocenters. The number of H-pyrrole nitrogens is 1. The number of carbonyl (C=O) groups is 1. The first-order chi connectivity index (χ1) is 11.0. The number of aliphatic carboxylic acids is 1. The van der Waals surface area contributed by atoms with Crippen LogP contribution < -0.4 is 0 Å². The van der Waals surface area contributed by atoms with Gasteiger partial charge in [0.2, 0.25) is 0 Å². The van der Waals surface area contributed by atoms with E-state index in [9.17, 15) is 15.2 Å². The van der Waals surface area contributed by atoms with Gasteiger partial charge in [0.05, 0.1) is 17.1 Å². The van der Waals surface area contributed by atoms with Crippen LogP contribution in [0.15, 0.2) is 12.1 Å². The van der Waals surface area contributed by atoms with Crippen molar-refractivity contribution in [3.05, 3.63) is 34.5 Å². The van der Waals surface area contributed by atoms with Gasteiger partial charge in [-0.3, -0.25) is 4.79 Å². The van der Waals surface area contributed by atoms with Crippen LogP contribution in [0.4, 0.5) is 0 Å². The van der Waals surface area contributed by atoms with E-state index in [4.69, 9.17) is 0 Å². The molecule has 4 nitrogen and oxygen atoms in total. The normalized spacial score (nSPS) is 19.7. The first kappa shape index (κ1) is 15.6. The predicted molar refractivity (Wildman–Crippen MR) is 89.5 cm³/mol. The molecular weight excluding hydrogens is 288 g/mol. The maximum Gasteiger partial charge on any atom is 0.315 e. The third-order valence-electron chi connectivity index (χ3n) is 5.28. The Morgan fingerprint density at radius 1 is 1.43 bits per heavy atom. The first-order valence-electron chi connectivity index (χ1n) is 8.33. The van der Waals surface area contributed by atoms with Gasteiger partial charge in [-0.15, -0.1) is 0 Å². The van der Waals surface area contributed by atoms with Crippen molar-refractivity contribution >= 4 is 16.9 Å². The fourth-order valence-electron chi connectivity index (χ4n) is 3.97. The predicted octanol–water partition coefficient (Wildman–Crippen LogP) is 4.20. The first-order valence-corrected chi connectivity index (χ1v) is 8.33. The van der Waals surface area contributed by atoms with Crippen LogP contribution in [0.25, 0.3) is 10.9 Å². The molecule has 0 saturated heterocycles. The number of benzene rings is 1. The third-order valence-corrected chi connectivity index (χ3v) is 5.28. The number of aromatic nitrogens is 1. The van der Waals surface area contributed by atoms with Crippen molar-refractivity contribution in [1.82, 2.24) is 4.98 Å². The third kappa shape index (κ3) is 2.23. The van der Waals surface area contributed by atoms with Crippen LogP contribution >= 0.6 is 0 Å². The largest absolute Gasteiger partial charge is 0.481 e. The molecule has 23 heavy (non-hydrogen) atoms. The number of hydrogen-bond acceptors (Lipinski definition) is 2. The molecule has 0 radical (unpaired) electrons. The van der Waals surface area contributed by atoms with Gasteiger partial charge in [0.15, 0.2) is 0 Å². The second-order valence-corrected chi connectivity index (χ2v) is 6.61. The Morgan fingerprint density at radius 2 is 2.22 bits per heavy atom. The van der Waals surface area contributed by atoms with E-state index in [2.05, 4.69) is 18.0 Å². The van der Waals surface area contributed by atoms with Crippen LogP contribution in [0.3, 0.4) is 0 Å². The Balaban J connectivity index is 2.19. The number of hydrogen-bond donors (Lipinski definition) is 2. The van der Waals surface area contributed by atoms with Gasteiger partial charge in [0.1, 0.15) is 5.41 Å². The minimum Gasteiger partial charge on any atom is -0.481 e. The quantitative estimate of drug-likeness (QED) is 0.813. The monoisotopic (exact) mass is 310 g/mol. The number of rotatable bonds is 5. The van der Waals surface area contributed by atoms with Crippen molar-refractivity contribution < 1.29 is 9.90 Å². The summed E-state index contributed by atoms with van der Waals surface area (Å²) in [4.78, 5) is 15.5. The van der Waals surface area contributed by atoms with Crippen molar-refractivity contribution in [1.29, 1.82) is 5.26 Å². The van der Waals surface area contributed by atoms with E-state index >= 15 is 0 Å². The van der Waals surface area contributed by atoms with E-state index < -0.39 is 11.4 Å². The minimum atomic E-state index is -0.817. The Labute approximate surface area is 136 Å². The zero-order valence-electron chi connectivity index (χ0n) is 13.7. The lowest BCUT2D eigenvalue weighted by atomic mass is 9.80. The molecule has 1 aromatic heterocycles. The summed E-state index contributed by atoms with van der Waals surface area (Å²) < 4.78 is 0. The molecule has 0 amide bonds. The van der Waals surface area contributed by atoms with Crippen molar-refractivity contribution in [3.8, 4) is 6.07 Å². The number of unbranched alkanes of at least 4 members (excludes halogenated alkanes) is 2. The van der Waals surface area contributed by atoms with Gasteiger partial charge in [-0.25, -0.2) is 0 Å². The van der Waals surface area contributed by atoms with Crippen LogP contribution in [-0.4, -0.2) is 16.1 Å². The number of nitrogens with zero attached hydrogens (tertiary/aromatic N) is 1. The molecule has 0 spiro atoms. The molecule has 1 aromatic carbocycles. The SMILES string of the molecule is CCCCCC1(C(=O)O)CCc2c1[nH]c1c(C)ccc(C#N)c21. The molecule has 4 heteroatoms. The molecule has 1 unspecified atom stereocenters. The average Bonchev–Trinajstić information content (AvgIpc) is 3.07. The summed E-state index contributed by atoms with van der Waals surface area (Å²) in [5.41, 5.74) is 3.68. The minimum absolute atomic E-state index is 0.627. The van der Waals surface area contributed by atoms with E-state index in [1.54, 1.807) is 0 Å². The number of aromatic amines is 1. The summed E-state index contributed by atoms with van der Waals surface area (Å²) >= 11 is 0. The van der Waals surface area contributed by atoms with Crippen molar-refractivity contribution in [2.24, 2.45) is 0 Å². The van der Waals surface area contributed by atoms with Gasteiger partial charge in [-0.1, -0.05) is 32.3 Å². The maximum atomic E-state index is 12.1. The van der Waals surface area contributed by atoms with Gasteiger partial charge < -0.3 is 10.1 Å². The number of fused-ring (bicyclic) bond motifs is 3. The molecule has 2 N–H and O–H groups in total. The smallest absolute Gasteiger partial charge is 0.315 e. The number of carboxylic acids is 1. The Kier molecular flexibility index (Phi) is 3.89. The van der Waals surface area contributed by atoms with E-state index in [0.29, 0.717) is 18.4 Å². The Bertz CT molecular complexity index is 813. The van der Waals surface area contributed by atoms with E-state index in [-0.39, 0.29) is 0 Å². The van der Waals surface area contributed by atoms with E-state index in [1.165, 1.54) is 0 Å². The molecule has 0 aliphatic heterocycles. The van der Waals surface area contributed by atoms with E-state index in [0.717, 1.165) is 53.4 Å². The lowest BCUT2D eigenvalue weighted by molar-refractivity contribution is -0.144. The topological polar surface area (TPSA) is 76.9 Å². The van der Waals surface area contributed by atoms with Crippen molar-refractivity contribution in [2.75, 3.05) is 0 Å². The molecule has 3 rings (SSSR count). The molecule has 120 valence electrons. The van der Waals surface area contributed by atoms with Gasteiger partial charge >= 0.3 is 5.97 Å². The average molecular weight is 310 g/mol. The highest BCUT2D eigenvalue weighted by atomic mass is 16.4. The molecule has 1 aliphatic rings. The second kappa shape index (κ2) is 5.73. The van der Waals surface area contributed by atoms with Crippen molar-refractivity contribution in [2.45, 2.75) is 57.8 Å². The zero-order chi connectivity index (χ0) is 16.6. The highest BCUT2D eigenvalue weighted by molar-refractivity contribution is 5.96. The highest BCUT2D eigenvalue weighted by Gasteiger charge is 2.47. The van der Waals surface area contributed by atoms with Crippen LogP contribution in [-0.2, 0) is 16.6 Å². The standard InChI is InChI=1S/C19H22N2O2/c1-3-4-5-9-19(18(22)23)10-8-14-15-13(11-20)7-6-12(2)16(15)21-17(14)19/h6-7,21H,3-5,8-10H2,1-2H3,(H,22,23). The van der Waals surface area contributed by atoms with Crippen LogP contribution in [0.2, 0.25) is 0 Å². The molecule has 1 aliphatic carbocycles. The Hall–Kier alpha value is -2.28. The van der Waals surface area contributed by atoms with E-state index in [1.807, 2.05) is 19.1 Å². The number of nitrogens with one attached hydrogen (secondary N) is 1. The summed E-state index contributed by atoms with van der Waals surface area (Å²) in [5, 5.41) is 20.3. The van der Waals surface area contributed by atoms with Crippen molar-refractivity contribution in [3.63, 3.8) is 0 Å². The maximum absolute atomic E-state index is 12.1. The molecule has 2 aromatic rings. The van der Waals surface area contributed by atoms with Gasteiger partial charge in [0, 0.05) is 11.1 Å². The molecule has 1 heterocycles. The summed E-state index contributed by atoms with van der Waals surface area (Å²) in [6.45, 7) is 4.12.